The van der Waals surface area contributed by atoms with Crippen LogP contribution in [0.5, 0.6) is 0 Å². The second-order valence-corrected chi connectivity index (χ2v) is 2.44. The first-order valence-corrected chi connectivity index (χ1v) is 3.37. The Balaban J connectivity index is 3.08. The largest absolute Gasteiger partial charge is 0.332 e. The molecule has 0 aliphatic heterocycles. The van der Waals surface area contributed by atoms with Crippen molar-refractivity contribution in [3.8, 4) is 0 Å². The standard InChI is InChI=1S/C6H4ClN3O/c7-4-3-9-5-1-2-8-6(11)10(4)5/h1-3H,(H,8,11). The monoisotopic (exact) mass is 169 g/mol. The number of aromatic nitrogens is 3. The zero-order chi connectivity index (χ0) is 7.84. The summed E-state index contributed by atoms with van der Waals surface area (Å²) in [5, 5.41) is 0.321. The first kappa shape index (κ1) is 6.42. The van der Waals surface area contributed by atoms with Crippen LogP contribution in [-0.4, -0.2) is 14.4 Å². The minimum absolute atomic E-state index is 0.273. The van der Waals surface area contributed by atoms with Crippen LogP contribution in [0.4, 0.5) is 0 Å². The number of rotatable bonds is 0. The zero-order valence-corrected chi connectivity index (χ0v) is 6.17. The van der Waals surface area contributed by atoms with Crippen LogP contribution < -0.4 is 5.69 Å². The number of nitrogens with one attached hydrogen (secondary N) is 1. The number of nitrogens with zero attached hydrogens (tertiary/aromatic N) is 2. The molecule has 0 saturated heterocycles. The molecule has 11 heavy (non-hydrogen) atoms. The topological polar surface area (TPSA) is 50.2 Å². The maximum Gasteiger partial charge on any atom is 0.332 e. The molecule has 0 saturated carbocycles. The van der Waals surface area contributed by atoms with E-state index in [0.717, 1.165) is 0 Å². The number of halogens is 1. The summed E-state index contributed by atoms with van der Waals surface area (Å²) in [5.41, 5.74) is 0.281. The van der Waals surface area contributed by atoms with Gasteiger partial charge in [-0.1, -0.05) is 11.6 Å². The van der Waals surface area contributed by atoms with E-state index in [9.17, 15) is 4.79 Å². The molecule has 56 valence electrons. The molecule has 2 heterocycles. The molecule has 2 aromatic rings. The molecule has 1 N–H and O–H groups in total. The summed E-state index contributed by atoms with van der Waals surface area (Å²) in [6, 6.07) is 1.67. The maximum absolute atomic E-state index is 11.0. The highest BCUT2D eigenvalue weighted by atomic mass is 35.5. The second-order valence-electron chi connectivity index (χ2n) is 2.06. The SMILES string of the molecule is O=c1[nH]ccc2ncc(Cl)n12. The van der Waals surface area contributed by atoms with E-state index in [1.54, 1.807) is 6.07 Å². The molecule has 5 heteroatoms. The van der Waals surface area contributed by atoms with E-state index in [1.807, 2.05) is 0 Å². The van der Waals surface area contributed by atoms with Crippen molar-refractivity contribution in [2.24, 2.45) is 0 Å². The first-order valence-electron chi connectivity index (χ1n) is 3.00. The van der Waals surface area contributed by atoms with Gasteiger partial charge in [-0.25, -0.2) is 14.2 Å². The highest BCUT2D eigenvalue weighted by molar-refractivity contribution is 6.29. The Morgan fingerprint density at radius 1 is 1.64 bits per heavy atom. The Kier molecular flexibility index (Phi) is 1.22. The molecular formula is C6H4ClN3O. The number of hydrogen-bond donors (Lipinski definition) is 1. The van der Waals surface area contributed by atoms with Crippen LogP contribution in [0.25, 0.3) is 5.65 Å². The summed E-state index contributed by atoms with van der Waals surface area (Å²) in [5.74, 6) is 0. The number of fused-ring (bicyclic) bond motifs is 1. The Morgan fingerprint density at radius 3 is 3.18 bits per heavy atom. The number of aromatic amines is 1. The van der Waals surface area contributed by atoms with Gasteiger partial charge < -0.3 is 4.98 Å². The van der Waals surface area contributed by atoms with Crippen molar-refractivity contribution >= 4 is 17.2 Å². The molecule has 0 radical (unpaired) electrons. The van der Waals surface area contributed by atoms with Crippen molar-refractivity contribution in [1.29, 1.82) is 0 Å². The van der Waals surface area contributed by atoms with Crippen molar-refractivity contribution in [1.82, 2.24) is 14.4 Å². The Labute approximate surface area is 66.5 Å². The average molecular weight is 170 g/mol. The maximum atomic E-state index is 11.0. The van der Waals surface area contributed by atoms with E-state index in [2.05, 4.69) is 9.97 Å². The fourth-order valence-electron chi connectivity index (χ4n) is 0.915. The van der Waals surface area contributed by atoms with E-state index in [-0.39, 0.29) is 5.69 Å². The van der Waals surface area contributed by atoms with Crippen molar-refractivity contribution < 1.29 is 0 Å². The molecule has 2 aromatic heterocycles. The van der Waals surface area contributed by atoms with Crippen LogP contribution in [0.15, 0.2) is 23.3 Å². The smallest absolute Gasteiger partial charge is 0.314 e. The zero-order valence-electron chi connectivity index (χ0n) is 5.41. The molecule has 0 atom stereocenters. The number of H-pyrrole nitrogens is 1. The molecule has 0 aliphatic carbocycles. The van der Waals surface area contributed by atoms with Crippen LogP contribution in [0, 0.1) is 0 Å². The molecule has 0 bridgehead atoms. The molecule has 0 unspecified atom stereocenters. The third-order valence-electron chi connectivity index (χ3n) is 1.39. The number of hydrogen-bond acceptors (Lipinski definition) is 2. The lowest BCUT2D eigenvalue weighted by Crippen LogP contribution is -2.14. The fourth-order valence-corrected chi connectivity index (χ4v) is 1.13. The molecule has 0 aliphatic rings. The summed E-state index contributed by atoms with van der Waals surface area (Å²) >= 11 is 5.66. The Morgan fingerprint density at radius 2 is 2.45 bits per heavy atom. The Hall–Kier alpha value is -1.29. The summed E-state index contributed by atoms with van der Waals surface area (Å²) in [4.78, 5) is 17.4. The molecule has 0 fully saturated rings. The third kappa shape index (κ3) is 0.832. The third-order valence-corrected chi connectivity index (χ3v) is 1.65. The molecule has 0 aromatic carbocycles. The fraction of sp³-hybridized carbons (Fsp3) is 0. The van der Waals surface area contributed by atoms with E-state index in [4.69, 9.17) is 11.6 Å². The molecule has 0 amide bonds. The van der Waals surface area contributed by atoms with Crippen LogP contribution >= 0.6 is 11.6 Å². The van der Waals surface area contributed by atoms with Crippen LogP contribution in [-0.2, 0) is 0 Å². The van der Waals surface area contributed by atoms with E-state index >= 15 is 0 Å². The predicted octanol–water partition coefficient (Wildman–Crippen LogP) is 0.676. The van der Waals surface area contributed by atoms with Gasteiger partial charge in [-0.2, -0.15) is 0 Å². The van der Waals surface area contributed by atoms with Crippen molar-refractivity contribution in [2.45, 2.75) is 0 Å². The lowest BCUT2D eigenvalue weighted by atomic mass is 10.6. The second kappa shape index (κ2) is 2.10. The quantitative estimate of drug-likeness (QED) is 0.631. The molecule has 4 nitrogen and oxygen atoms in total. The van der Waals surface area contributed by atoms with Gasteiger partial charge in [0.25, 0.3) is 0 Å². The summed E-state index contributed by atoms with van der Waals surface area (Å²) in [6.45, 7) is 0. The highest BCUT2D eigenvalue weighted by Crippen LogP contribution is 2.06. The molecule has 2 rings (SSSR count). The van der Waals surface area contributed by atoms with E-state index in [0.29, 0.717) is 10.8 Å². The van der Waals surface area contributed by atoms with E-state index < -0.39 is 0 Å². The minimum Gasteiger partial charge on any atom is -0.314 e. The van der Waals surface area contributed by atoms with Gasteiger partial charge in [0.2, 0.25) is 0 Å². The van der Waals surface area contributed by atoms with Gasteiger partial charge in [0.1, 0.15) is 10.8 Å². The van der Waals surface area contributed by atoms with Gasteiger partial charge in [-0.05, 0) is 6.07 Å². The van der Waals surface area contributed by atoms with Crippen molar-refractivity contribution in [3.63, 3.8) is 0 Å². The predicted molar refractivity (Wildman–Crippen MR) is 40.8 cm³/mol. The van der Waals surface area contributed by atoms with Gasteiger partial charge in [0.05, 0.1) is 6.20 Å². The summed E-state index contributed by atoms with van der Waals surface area (Å²) in [7, 11) is 0. The van der Waals surface area contributed by atoms with Gasteiger partial charge >= 0.3 is 5.69 Å². The normalized spacial score (nSPS) is 10.6. The van der Waals surface area contributed by atoms with Crippen LogP contribution in [0.3, 0.4) is 0 Å². The van der Waals surface area contributed by atoms with Crippen LogP contribution in [0.2, 0.25) is 5.15 Å². The van der Waals surface area contributed by atoms with Crippen LogP contribution in [0.1, 0.15) is 0 Å². The van der Waals surface area contributed by atoms with Gasteiger partial charge in [0.15, 0.2) is 0 Å². The average Bonchev–Trinajstić information content (AvgIpc) is 2.34. The lowest BCUT2D eigenvalue weighted by Gasteiger charge is -1.89. The number of imidazole rings is 1. The highest BCUT2D eigenvalue weighted by Gasteiger charge is 2.00. The van der Waals surface area contributed by atoms with E-state index in [1.165, 1.54) is 16.8 Å². The molecule has 0 spiro atoms. The van der Waals surface area contributed by atoms with Crippen molar-refractivity contribution in [3.05, 3.63) is 34.1 Å². The summed E-state index contributed by atoms with van der Waals surface area (Å²) in [6.07, 6.45) is 2.97. The first-order chi connectivity index (χ1) is 5.29. The van der Waals surface area contributed by atoms with Gasteiger partial charge in [-0.3, -0.25) is 0 Å². The minimum atomic E-state index is -0.273. The lowest BCUT2D eigenvalue weighted by molar-refractivity contribution is 1.00. The molecular weight excluding hydrogens is 166 g/mol. The van der Waals surface area contributed by atoms with Crippen molar-refractivity contribution in [2.75, 3.05) is 0 Å². The van der Waals surface area contributed by atoms with Gasteiger partial charge in [-0.15, -0.1) is 0 Å². The van der Waals surface area contributed by atoms with Gasteiger partial charge in [0, 0.05) is 6.20 Å². The summed E-state index contributed by atoms with van der Waals surface area (Å²) < 4.78 is 1.29. The Bertz CT molecular complexity index is 444.